The Morgan fingerprint density at radius 2 is 1.88 bits per heavy atom. The van der Waals surface area contributed by atoms with Crippen molar-refractivity contribution in [3.8, 4) is 0 Å². The van der Waals surface area contributed by atoms with Crippen molar-refractivity contribution >= 4 is 23.4 Å². The maximum Gasteiger partial charge on any atom is 0.326 e. The molecular weight excluding hydrogens is 308 g/mol. The molecule has 0 radical (unpaired) electrons. The average Bonchev–Trinajstić information content (AvgIpc) is 2.59. The fourth-order valence-electron chi connectivity index (χ4n) is 2.09. The van der Waals surface area contributed by atoms with E-state index in [-0.39, 0.29) is 11.6 Å². The van der Waals surface area contributed by atoms with Crippen LogP contribution in [0.1, 0.15) is 36.7 Å². The Labute approximate surface area is 140 Å². The molecule has 0 spiro atoms. The van der Waals surface area contributed by atoms with Gasteiger partial charge in [-0.15, -0.1) is 10.2 Å². The zero-order chi connectivity index (χ0) is 17.4. The summed E-state index contributed by atoms with van der Waals surface area (Å²) in [5.74, 6) is -0.980. The third kappa shape index (κ3) is 5.05. The van der Waals surface area contributed by atoms with E-state index in [2.05, 4.69) is 20.8 Å². The second kappa shape index (κ2) is 8.61. The molecular formula is C17H20N4O3. The van der Waals surface area contributed by atoms with E-state index in [1.54, 1.807) is 18.2 Å². The molecule has 7 heteroatoms. The lowest BCUT2D eigenvalue weighted by atomic mass is 10.1. The maximum atomic E-state index is 12.1. The van der Waals surface area contributed by atoms with E-state index >= 15 is 0 Å². The fraction of sp³-hybridized carbons (Fsp3) is 0.294. The Bertz CT molecular complexity index is 674. The highest BCUT2D eigenvalue weighted by Crippen LogP contribution is 2.11. The number of para-hydroxylation sites is 1. The molecule has 1 atom stereocenters. The SMILES string of the molecule is CCCCC(Nc1ccc(C(=O)Nc2ccccc2)nn1)C(=O)O. The molecule has 0 fully saturated rings. The molecule has 3 N–H and O–H groups in total. The van der Waals surface area contributed by atoms with Gasteiger partial charge < -0.3 is 15.7 Å². The van der Waals surface area contributed by atoms with Gasteiger partial charge in [-0.1, -0.05) is 38.0 Å². The Balaban J connectivity index is 1.99. The molecule has 1 aromatic carbocycles. The molecule has 1 heterocycles. The Morgan fingerprint density at radius 3 is 2.46 bits per heavy atom. The van der Waals surface area contributed by atoms with Crippen LogP contribution in [-0.4, -0.2) is 33.2 Å². The van der Waals surface area contributed by atoms with Crippen molar-refractivity contribution in [2.24, 2.45) is 0 Å². The molecule has 1 unspecified atom stereocenters. The van der Waals surface area contributed by atoms with Gasteiger partial charge >= 0.3 is 5.97 Å². The molecule has 0 saturated heterocycles. The summed E-state index contributed by atoms with van der Waals surface area (Å²) in [6.07, 6.45) is 2.22. The lowest BCUT2D eigenvalue weighted by Crippen LogP contribution is -2.29. The van der Waals surface area contributed by atoms with Crippen LogP contribution in [-0.2, 0) is 4.79 Å². The van der Waals surface area contributed by atoms with Gasteiger partial charge in [-0.2, -0.15) is 0 Å². The van der Waals surface area contributed by atoms with Gasteiger partial charge in [-0.25, -0.2) is 4.79 Å². The lowest BCUT2D eigenvalue weighted by Gasteiger charge is -2.14. The number of amides is 1. The van der Waals surface area contributed by atoms with Crippen molar-refractivity contribution in [3.05, 3.63) is 48.2 Å². The highest BCUT2D eigenvalue weighted by atomic mass is 16.4. The number of nitrogens with zero attached hydrogens (tertiary/aromatic N) is 2. The van der Waals surface area contributed by atoms with E-state index in [0.717, 1.165) is 12.8 Å². The quantitative estimate of drug-likeness (QED) is 0.688. The summed E-state index contributed by atoms with van der Waals surface area (Å²) in [4.78, 5) is 23.3. The van der Waals surface area contributed by atoms with Crippen molar-refractivity contribution in [3.63, 3.8) is 0 Å². The monoisotopic (exact) mass is 328 g/mol. The molecule has 0 aliphatic heterocycles. The van der Waals surface area contributed by atoms with Crippen LogP contribution in [0.4, 0.5) is 11.5 Å². The number of rotatable bonds is 8. The minimum atomic E-state index is -0.934. The van der Waals surface area contributed by atoms with Crippen LogP contribution < -0.4 is 10.6 Å². The predicted octanol–water partition coefficient (Wildman–Crippen LogP) is 2.78. The van der Waals surface area contributed by atoms with Gasteiger partial charge in [0, 0.05) is 5.69 Å². The van der Waals surface area contributed by atoms with Gasteiger partial charge in [0.25, 0.3) is 5.91 Å². The summed E-state index contributed by atoms with van der Waals surface area (Å²) >= 11 is 0. The topological polar surface area (TPSA) is 104 Å². The normalized spacial score (nSPS) is 11.5. The summed E-state index contributed by atoms with van der Waals surface area (Å²) in [7, 11) is 0. The third-order valence-corrected chi connectivity index (χ3v) is 3.40. The first kappa shape index (κ1) is 17.4. The van der Waals surface area contributed by atoms with Crippen LogP contribution in [0.15, 0.2) is 42.5 Å². The van der Waals surface area contributed by atoms with Crippen molar-refractivity contribution in [1.29, 1.82) is 0 Å². The van der Waals surface area contributed by atoms with Gasteiger partial charge in [0.15, 0.2) is 5.69 Å². The van der Waals surface area contributed by atoms with Crippen LogP contribution in [0.5, 0.6) is 0 Å². The third-order valence-electron chi connectivity index (χ3n) is 3.40. The second-order valence-electron chi connectivity index (χ2n) is 5.30. The van der Waals surface area contributed by atoms with E-state index < -0.39 is 12.0 Å². The number of carboxylic acids is 1. The Morgan fingerprint density at radius 1 is 1.12 bits per heavy atom. The predicted molar refractivity (Wildman–Crippen MR) is 91.0 cm³/mol. The lowest BCUT2D eigenvalue weighted by molar-refractivity contribution is -0.138. The van der Waals surface area contributed by atoms with Gasteiger partial charge in [-0.3, -0.25) is 4.79 Å². The molecule has 1 amide bonds. The number of carbonyl (C=O) groups is 2. The number of hydrogen-bond acceptors (Lipinski definition) is 5. The number of aromatic nitrogens is 2. The first-order chi connectivity index (χ1) is 11.6. The van der Waals surface area contributed by atoms with E-state index in [4.69, 9.17) is 0 Å². The highest BCUT2D eigenvalue weighted by molar-refractivity contribution is 6.02. The van der Waals surface area contributed by atoms with Crippen LogP contribution in [0, 0.1) is 0 Å². The highest BCUT2D eigenvalue weighted by Gasteiger charge is 2.17. The number of hydrogen-bond donors (Lipinski definition) is 3. The van der Waals surface area contributed by atoms with E-state index in [1.165, 1.54) is 6.07 Å². The van der Waals surface area contributed by atoms with Crippen LogP contribution in [0.2, 0.25) is 0 Å². The number of benzene rings is 1. The summed E-state index contributed by atoms with van der Waals surface area (Å²) in [6.45, 7) is 2.00. The fourth-order valence-corrected chi connectivity index (χ4v) is 2.09. The van der Waals surface area contributed by atoms with Crippen molar-refractivity contribution < 1.29 is 14.7 Å². The van der Waals surface area contributed by atoms with Gasteiger partial charge in [-0.05, 0) is 30.7 Å². The first-order valence-electron chi connectivity index (χ1n) is 7.79. The molecule has 7 nitrogen and oxygen atoms in total. The van der Waals surface area contributed by atoms with Crippen LogP contribution in [0.25, 0.3) is 0 Å². The maximum absolute atomic E-state index is 12.1. The zero-order valence-electron chi connectivity index (χ0n) is 13.4. The van der Waals surface area contributed by atoms with Gasteiger partial charge in [0.05, 0.1) is 0 Å². The standard InChI is InChI=1S/C17H20N4O3/c1-2-3-9-14(17(23)24)19-15-11-10-13(20-21-15)16(22)18-12-7-5-4-6-8-12/h4-8,10-11,14H,2-3,9H2,1H3,(H,18,22)(H,19,21)(H,23,24). The average molecular weight is 328 g/mol. The van der Waals surface area contributed by atoms with Crippen LogP contribution in [0.3, 0.4) is 0 Å². The number of unbranched alkanes of at least 4 members (excludes halogenated alkanes) is 1. The van der Waals surface area contributed by atoms with Gasteiger partial charge in [0.2, 0.25) is 0 Å². The number of aliphatic carboxylic acids is 1. The molecule has 0 aliphatic rings. The molecule has 1 aromatic heterocycles. The van der Waals surface area contributed by atoms with E-state index in [9.17, 15) is 14.7 Å². The number of carboxylic acid groups (broad SMARTS) is 1. The zero-order valence-corrected chi connectivity index (χ0v) is 13.4. The Kier molecular flexibility index (Phi) is 6.24. The molecule has 126 valence electrons. The molecule has 2 rings (SSSR count). The summed E-state index contributed by atoms with van der Waals surface area (Å²) < 4.78 is 0. The van der Waals surface area contributed by atoms with Crippen LogP contribution >= 0.6 is 0 Å². The largest absolute Gasteiger partial charge is 0.480 e. The molecule has 0 saturated carbocycles. The smallest absolute Gasteiger partial charge is 0.326 e. The number of carbonyl (C=O) groups excluding carboxylic acids is 1. The summed E-state index contributed by atoms with van der Waals surface area (Å²) in [5, 5.41) is 22.5. The second-order valence-corrected chi connectivity index (χ2v) is 5.30. The van der Waals surface area contributed by atoms with E-state index in [0.29, 0.717) is 17.9 Å². The first-order valence-corrected chi connectivity index (χ1v) is 7.79. The Hall–Kier alpha value is -2.96. The van der Waals surface area contributed by atoms with Crippen molar-refractivity contribution in [2.45, 2.75) is 32.2 Å². The minimum absolute atomic E-state index is 0.157. The van der Waals surface area contributed by atoms with Crippen molar-refractivity contribution in [1.82, 2.24) is 10.2 Å². The summed E-state index contributed by atoms with van der Waals surface area (Å²) in [5.41, 5.74) is 0.821. The van der Waals surface area contributed by atoms with Gasteiger partial charge in [0.1, 0.15) is 11.9 Å². The molecule has 0 bridgehead atoms. The number of nitrogens with one attached hydrogen (secondary N) is 2. The molecule has 2 aromatic rings. The summed E-state index contributed by atoms with van der Waals surface area (Å²) in [6, 6.07) is 11.4. The van der Waals surface area contributed by atoms with E-state index in [1.807, 2.05) is 25.1 Å². The molecule has 0 aliphatic carbocycles. The minimum Gasteiger partial charge on any atom is -0.480 e. The number of anilines is 2. The van der Waals surface area contributed by atoms with Crippen molar-refractivity contribution in [2.75, 3.05) is 10.6 Å². The molecule has 24 heavy (non-hydrogen) atoms.